The van der Waals surface area contributed by atoms with Crippen LogP contribution in [0.5, 0.6) is 0 Å². The van der Waals surface area contributed by atoms with Crippen LogP contribution in [0.1, 0.15) is 15.9 Å². The van der Waals surface area contributed by atoms with Crippen molar-refractivity contribution in [3.8, 4) is 0 Å². The van der Waals surface area contributed by atoms with E-state index < -0.39 is 10.8 Å². The first-order chi connectivity index (χ1) is 9.06. The Labute approximate surface area is 121 Å². The molecule has 0 aliphatic heterocycles. The minimum Gasteiger partial charge on any atom is -1.00 e. The number of hydrogen-bond acceptors (Lipinski definition) is 3. The maximum Gasteiger partial charge on any atom is 0.269 e. The molecule has 0 fully saturated rings. The quantitative estimate of drug-likeness (QED) is 0.403. The largest absolute Gasteiger partial charge is 1.00 e. The Bertz CT molecular complexity index is 591. The molecule has 1 aromatic heterocycles. The molecule has 0 bridgehead atoms. The molecule has 1 heterocycles. The van der Waals surface area contributed by atoms with Crippen LogP contribution >= 0.6 is 0 Å². The van der Waals surface area contributed by atoms with Crippen molar-refractivity contribution in [2.24, 2.45) is 5.73 Å². The molecule has 0 spiro atoms. The number of nitro benzene ring substituents is 1. The molecule has 104 valence electrons. The number of halogens is 1. The summed E-state index contributed by atoms with van der Waals surface area (Å²) < 4.78 is 1.75. The number of hydrogen-bond donors (Lipinski definition) is 1. The van der Waals surface area contributed by atoms with Gasteiger partial charge in [0.05, 0.1) is 4.92 Å². The molecule has 2 rings (SSSR count). The smallest absolute Gasteiger partial charge is 0.269 e. The molecule has 7 heteroatoms. The zero-order chi connectivity index (χ0) is 13.8. The summed E-state index contributed by atoms with van der Waals surface area (Å²) >= 11 is 0. The fourth-order valence-electron chi connectivity index (χ4n) is 1.75. The fraction of sp³-hybridized carbons (Fsp3) is 0.0769. The van der Waals surface area contributed by atoms with Gasteiger partial charge in [-0.25, -0.2) is 0 Å². The zero-order valence-electron chi connectivity index (χ0n) is 10.4. The summed E-state index contributed by atoms with van der Waals surface area (Å²) in [5.74, 6) is -0.506. The standard InChI is InChI=1S/C13H11N3O3.ClH/c14-13(17)11-4-2-6-15(9-11)8-10-3-1-5-12(7-10)16(18)19;/h1-7,9H,8H2,(H-,14,17);1H. The zero-order valence-corrected chi connectivity index (χ0v) is 11.2. The lowest BCUT2D eigenvalue weighted by Crippen LogP contribution is -3.00. The van der Waals surface area contributed by atoms with Gasteiger partial charge in [0.25, 0.3) is 11.6 Å². The average Bonchev–Trinajstić information content (AvgIpc) is 2.39. The number of carbonyl (C=O) groups excluding carboxylic acids is 1. The van der Waals surface area contributed by atoms with Gasteiger partial charge in [0, 0.05) is 23.8 Å². The van der Waals surface area contributed by atoms with Crippen LogP contribution in [-0.4, -0.2) is 10.8 Å². The Hall–Kier alpha value is -2.47. The van der Waals surface area contributed by atoms with Crippen molar-refractivity contribution in [1.29, 1.82) is 0 Å². The molecule has 0 atom stereocenters. The summed E-state index contributed by atoms with van der Waals surface area (Å²) in [6.07, 6.45) is 3.38. The molecule has 0 radical (unpaired) electrons. The van der Waals surface area contributed by atoms with Gasteiger partial charge < -0.3 is 18.1 Å². The third kappa shape index (κ3) is 3.76. The maximum atomic E-state index is 11.1. The second kappa shape index (κ2) is 6.63. The molecule has 0 aliphatic rings. The monoisotopic (exact) mass is 293 g/mol. The van der Waals surface area contributed by atoms with Gasteiger partial charge >= 0.3 is 0 Å². The number of amides is 1. The lowest BCUT2D eigenvalue weighted by Gasteiger charge is -1.99. The van der Waals surface area contributed by atoms with Crippen LogP contribution in [-0.2, 0) is 6.54 Å². The van der Waals surface area contributed by atoms with E-state index in [0.29, 0.717) is 12.1 Å². The number of pyridine rings is 1. The number of rotatable bonds is 4. The maximum absolute atomic E-state index is 11.1. The number of carbonyl (C=O) groups is 1. The van der Waals surface area contributed by atoms with E-state index in [1.54, 1.807) is 41.2 Å². The van der Waals surface area contributed by atoms with Crippen LogP contribution in [0, 0.1) is 10.1 Å². The molecule has 1 amide bonds. The van der Waals surface area contributed by atoms with E-state index in [4.69, 9.17) is 5.73 Å². The first-order valence-electron chi connectivity index (χ1n) is 5.58. The number of nitrogens with zero attached hydrogens (tertiary/aromatic N) is 2. The number of non-ortho nitro benzene ring substituents is 1. The van der Waals surface area contributed by atoms with Gasteiger partial charge in [0.1, 0.15) is 5.56 Å². The van der Waals surface area contributed by atoms with Crippen LogP contribution in [0.25, 0.3) is 0 Å². The molecular formula is C13H12ClN3O3. The van der Waals surface area contributed by atoms with Crippen molar-refractivity contribution >= 4 is 11.6 Å². The second-order valence-electron chi connectivity index (χ2n) is 4.06. The van der Waals surface area contributed by atoms with Crippen molar-refractivity contribution in [1.82, 2.24) is 0 Å². The third-order valence-corrected chi connectivity index (χ3v) is 2.63. The van der Waals surface area contributed by atoms with Gasteiger partial charge in [0.15, 0.2) is 18.9 Å². The summed E-state index contributed by atoms with van der Waals surface area (Å²) in [5, 5.41) is 10.7. The summed E-state index contributed by atoms with van der Waals surface area (Å²) in [6, 6.07) is 9.69. The Morgan fingerprint density at radius 3 is 2.70 bits per heavy atom. The number of primary amides is 1. The lowest BCUT2D eigenvalue weighted by molar-refractivity contribution is -0.688. The second-order valence-corrected chi connectivity index (χ2v) is 4.06. The topological polar surface area (TPSA) is 90.1 Å². The van der Waals surface area contributed by atoms with Gasteiger partial charge in [-0.1, -0.05) is 12.1 Å². The molecule has 0 unspecified atom stereocenters. The van der Waals surface area contributed by atoms with E-state index in [1.807, 2.05) is 0 Å². The first-order valence-corrected chi connectivity index (χ1v) is 5.58. The van der Waals surface area contributed by atoms with E-state index in [9.17, 15) is 14.9 Å². The van der Waals surface area contributed by atoms with Gasteiger partial charge in [-0.15, -0.1) is 0 Å². The summed E-state index contributed by atoms with van der Waals surface area (Å²) in [6.45, 7) is 0.433. The van der Waals surface area contributed by atoms with Gasteiger partial charge in [-0.05, 0) is 6.07 Å². The third-order valence-electron chi connectivity index (χ3n) is 2.63. The highest BCUT2D eigenvalue weighted by Gasteiger charge is 2.11. The van der Waals surface area contributed by atoms with Crippen molar-refractivity contribution < 1.29 is 26.7 Å². The van der Waals surface area contributed by atoms with Crippen LogP contribution in [0.2, 0.25) is 0 Å². The Kier molecular flexibility index (Phi) is 5.16. The minimum absolute atomic E-state index is 0. The van der Waals surface area contributed by atoms with Gasteiger partial charge in [-0.3, -0.25) is 14.9 Å². The molecule has 2 aromatic rings. The van der Waals surface area contributed by atoms with Crippen molar-refractivity contribution in [2.75, 3.05) is 0 Å². The highest BCUT2D eigenvalue weighted by Crippen LogP contribution is 2.12. The van der Waals surface area contributed by atoms with E-state index in [1.165, 1.54) is 12.1 Å². The normalized spacial score (nSPS) is 9.60. The van der Waals surface area contributed by atoms with Crippen molar-refractivity contribution in [2.45, 2.75) is 6.54 Å². The molecule has 0 saturated heterocycles. The number of aromatic nitrogens is 1. The van der Waals surface area contributed by atoms with Crippen LogP contribution in [0.15, 0.2) is 48.8 Å². The van der Waals surface area contributed by atoms with Crippen LogP contribution in [0.3, 0.4) is 0 Å². The van der Waals surface area contributed by atoms with E-state index >= 15 is 0 Å². The predicted molar refractivity (Wildman–Crippen MR) is 67.4 cm³/mol. The van der Waals surface area contributed by atoms with E-state index in [-0.39, 0.29) is 18.1 Å². The summed E-state index contributed by atoms with van der Waals surface area (Å²) in [4.78, 5) is 21.3. The molecule has 20 heavy (non-hydrogen) atoms. The van der Waals surface area contributed by atoms with Crippen molar-refractivity contribution in [3.63, 3.8) is 0 Å². The summed E-state index contributed by atoms with van der Waals surface area (Å²) in [5.41, 5.74) is 6.42. The first kappa shape index (κ1) is 15.6. The van der Waals surface area contributed by atoms with Gasteiger partial charge in [0.2, 0.25) is 0 Å². The molecule has 1 aromatic carbocycles. The van der Waals surface area contributed by atoms with Crippen LogP contribution < -0.4 is 22.7 Å². The average molecular weight is 294 g/mol. The highest BCUT2D eigenvalue weighted by atomic mass is 35.5. The van der Waals surface area contributed by atoms with Gasteiger partial charge in [-0.2, -0.15) is 4.57 Å². The van der Waals surface area contributed by atoms with E-state index in [0.717, 1.165) is 5.56 Å². The summed E-state index contributed by atoms with van der Waals surface area (Å²) in [7, 11) is 0. The molecule has 0 aliphatic carbocycles. The highest BCUT2D eigenvalue weighted by molar-refractivity contribution is 5.92. The molecule has 2 N–H and O–H groups in total. The van der Waals surface area contributed by atoms with Crippen molar-refractivity contribution in [3.05, 3.63) is 70.0 Å². The molecule has 6 nitrogen and oxygen atoms in total. The Balaban J connectivity index is 0.00000200. The van der Waals surface area contributed by atoms with Crippen LogP contribution in [0.4, 0.5) is 5.69 Å². The predicted octanol–water partition coefficient (Wildman–Crippen LogP) is -1.97. The number of benzene rings is 1. The molecule has 0 saturated carbocycles. The lowest BCUT2D eigenvalue weighted by atomic mass is 10.2. The fourth-order valence-corrected chi connectivity index (χ4v) is 1.75. The van der Waals surface area contributed by atoms with E-state index in [2.05, 4.69) is 0 Å². The number of nitro groups is 1. The minimum atomic E-state index is -0.506. The SMILES string of the molecule is NC(=O)c1ccc[n+](Cc2cccc([N+](=O)[O-])c2)c1.[Cl-]. The molecular weight excluding hydrogens is 282 g/mol. The Morgan fingerprint density at radius 2 is 2.05 bits per heavy atom. The number of nitrogens with two attached hydrogens (primary N) is 1. The Morgan fingerprint density at radius 1 is 1.30 bits per heavy atom.